The van der Waals surface area contributed by atoms with Crippen molar-refractivity contribution in [1.29, 1.82) is 0 Å². The molecular weight excluding hydrogens is 378 g/mol. The number of aliphatic hydroxyl groups excluding tert-OH is 2. The smallest absolute Gasteiger partial charge is 0.305 e. The molecule has 0 heterocycles. The van der Waals surface area contributed by atoms with Crippen molar-refractivity contribution < 1.29 is 19.7 Å². The third kappa shape index (κ3) is 7.20. The molecule has 0 aliphatic heterocycles. The van der Waals surface area contributed by atoms with Crippen LogP contribution in [-0.2, 0) is 9.53 Å². The first-order valence-corrected chi connectivity index (χ1v) is 12.3. The monoisotopic (exact) mass is 425 g/mol. The molecule has 176 valence electrons. The molecule has 5 heteroatoms. The van der Waals surface area contributed by atoms with Crippen LogP contribution in [0.2, 0.25) is 0 Å². The number of ether oxygens (including phenoxy) is 1. The molecule has 0 amide bonds. The van der Waals surface area contributed by atoms with Crippen LogP contribution in [0.1, 0.15) is 91.9 Å². The molecule has 2 bridgehead atoms. The van der Waals surface area contributed by atoms with Gasteiger partial charge in [-0.3, -0.25) is 4.79 Å². The number of fused-ring (bicyclic) bond motifs is 2. The van der Waals surface area contributed by atoms with Crippen molar-refractivity contribution in [3.05, 3.63) is 0 Å². The van der Waals surface area contributed by atoms with Gasteiger partial charge in [0.2, 0.25) is 0 Å². The topological polar surface area (TPSA) is 70.0 Å². The van der Waals surface area contributed by atoms with Crippen molar-refractivity contribution >= 4 is 5.97 Å². The van der Waals surface area contributed by atoms with E-state index in [4.69, 9.17) is 4.74 Å². The van der Waals surface area contributed by atoms with Crippen molar-refractivity contribution in [2.24, 2.45) is 22.2 Å². The minimum Gasteiger partial charge on any atom is -0.466 e. The lowest BCUT2D eigenvalue weighted by molar-refractivity contribution is -0.145. The van der Waals surface area contributed by atoms with Crippen LogP contribution in [-0.4, -0.2) is 60.5 Å². The molecule has 2 rings (SSSR count). The van der Waals surface area contributed by atoms with Gasteiger partial charge in [-0.1, -0.05) is 27.7 Å². The van der Waals surface area contributed by atoms with Gasteiger partial charge in [-0.2, -0.15) is 0 Å². The van der Waals surface area contributed by atoms with Gasteiger partial charge in [-0.15, -0.1) is 0 Å². The highest BCUT2D eigenvalue weighted by Crippen LogP contribution is 2.63. The van der Waals surface area contributed by atoms with E-state index in [1.54, 1.807) is 0 Å². The fraction of sp³-hybridized carbons (Fsp3) is 0.960. The highest BCUT2D eigenvalue weighted by Gasteiger charge is 2.52. The Labute approximate surface area is 184 Å². The minimum atomic E-state index is -0.0673. The lowest BCUT2D eigenvalue weighted by Gasteiger charge is -2.58. The van der Waals surface area contributed by atoms with Crippen LogP contribution < -0.4 is 0 Å². The molecule has 0 aromatic heterocycles. The Balaban J connectivity index is 1.86. The van der Waals surface area contributed by atoms with Crippen molar-refractivity contribution in [3.63, 3.8) is 0 Å². The molecule has 0 aromatic rings. The molecule has 4 unspecified atom stereocenters. The van der Waals surface area contributed by atoms with Gasteiger partial charge in [-0.05, 0) is 99.6 Å². The predicted molar refractivity (Wildman–Crippen MR) is 121 cm³/mol. The molecule has 0 radical (unpaired) electrons. The van der Waals surface area contributed by atoms with Gasteiger partial charge in [0, 0.05) is 19.6 Å². The fourth-order valence-corrected chi connectivity index (χ4v) is 7.02. The second-order valence-corrected chi connectivity index (χ2v) is 11.0. The van der Waals surface area contributed by atoms with E-state index in [-0.39, 0.29) is 35.4 Å². The summed E-state index contributed by atoms with van der Waals surface area (Å²) in [5.74, 6) is 0.577. The highest BCUT2D eigenvalue weighted by molar-refractivity contribution is 5.69. The fourth-order valence-electron chi connectivity index (χ4n) is 7.02. The third-order valence-corrected chi connectivity index (χ3v) is 7.96. The van der Waals surface area contributed by atoms with Crippen molar-refractivity contribution in [3.8, 4) is 0 Å². The van der Waals surface area contributed by atoms with Crippen LogP contribution in [0.25, 0.3) is 0 Å². The first-order valence-electron chi connectivity index (χ1n) is 12.3. The molecule has 0 saturated heterocycles. The van der Waals surface area contributed by atoms with E-state index in [0.717, 1.165) is 58.2 Å². The number of rotatable bonds is 13. The van der Waals surface area contributed by atoms with Crippen LogP contribution in [0.5, 0.6) is 0 Å². The number of hydrogen-bond acceptors (Lipinski definition) is 5. The molecule has 30 heavy (non-hydrogen) atoms. The van der Waals surface area contributed by atoms with E-state index in [0.29, 0.717) is 18.9 Å². The number of aliphatic hydroxyl groups is 2. The van der Waals surface area contributed by atoms with Gasteiger partial charge >= 0.3 is 5.97 Å². The van der Waals surface area contributed by atoms with E-state index in [2.05, 4.69) is 32.6 Å². The van der Waals surface area contributed by atoms with E-state index in [9.17, 15) is 15.0 Å². The van der Waals surface area contributed by atoms with Crippen molar-refractivity contribution in [2.45, 2.75) is 91.9 Å². The number of hydrogen-bond donors (Lipinski definition) is 2. The van der Waals surface area contributed by atoms with Gasteiger partial charge in [0.05, 0.1) is 6.61 Å². The molecule has 2 N–H and O–H groups in total. The average Bonchev–Trinajstić information content (AvgIpc) is 2.63. The second-order valence-electron chi connectivity index (χ2n) is 11.0. The second kappa shape index (κ2) is 11.3. The lowest BCUT2D eigenvalue weighted by Crippen LogP contribution is -2.48. The van der Waals surface area contributed by atoms with Crippen LogP contribution in [0, 0.1) is 22.2 Å². The van der Waals surface area contributed by atoms with E-state index in [1.165, 1.54) is 19.3 Å². The molecule has 2 saturated carbocycles. The molecule has 2 aliphatic carbocycles. The molecule has 2 aliphatic rings. The first kappa shape index (κ1) is 25.6. The van der Waals surface area contributed by atoms with Gasteiger partial charge in [0.15, 0.2) is 0 Å². The zero-order chi connectivity index (χ0) is 22.3. The molecule has 4 atom stereocenters. The van der Waals surface area contributed by atoms with Crippen LogP contribution >= 0.6 is 0 Å². The van der Waals surface area contributed by atoms with Gasteiger partial charge in [0.1, 0.15) is 0 Å². The zero-order valence-corrected chi connectivity index (χ0v) is 20.0. The average molecular weight is 426 g/mol. The summed E-state index contributed by atoms with van der Waals surface area (Å²) < 4.78 is 5.61. The maximum atomic E-state index is 12.2. The molecular formula is C25H47NO4. The Morgan fingerprint density at radius 1 is 0.967 bits per heavy atom. The van der Waals surface area contributed by atoms with Gasteiger partial charge < -0.3 is 19.8 Å². The van der Waals surface area contributed by atoms with Crippen LogP contribution in [0.15, 0.2) is 0 Å². The van der Waals surface area contributed by atoms with Gasteiger partial charge in [0.25, 0.3) is 0 Å². The summed E-state index contributed by atoms with van der Waals surface area (Å²) in [6, 6.07) is 0. The van der Waals surface area contributed by atoms with E-state index in [1.807, 2.05) is 0 Å². The largest absolute Gasteiger partial charge is 0.466 e. The molecule has 0 aromatic carbocycles. The Morgan fingerprint density at radius 2 is 1.57 bits per heavy atom. The lowest BCUT2D eigenvalue weighted by atomic mass is 9.47. The highest BCUT2D eigenvalue weighted by atomic mass is 16.5. The first-order chi connectivity index (χ1) is 14.2. The predicted octanol–water partition coefficient (Wildman–Crippen LogP) is 4.40. The summed E-state index contributed by atoms with van der Waals surface area (Å²) in [5.41, 5.74) is 0.522. The minimum absolute atomic E-state index is 0.0673. The summed E-state index contributed by atoms with van der Waals surface area (Å²) in [7, 11) is 0. The summed E-state index contributed by atoms with van der Waals surface area (Å²) in [6.07, 6.45) is 9.72. The summed E-state index contributed by atoms with van der Waals surface area (Å²) >= 11 is 0. The summed E-state index contributed by atoms with van der Waals surface area (Å²) in [5, 5.41) is 19.3. The zero-order valence-electron chi connectivity index (χ0n) is 20.0. The Morgan fingerprint density at radius 3 is 2.13 bits per heavy atom. The summed E-state index contributed by atoms with van der Waals surface area (Å²) in [4.78, 5) is 14.5. The maximum absolute atomic E-state index is 12.2. The Kier molecular flexibility index (Phi) is 9.63. The van der Waals surface area contributed by atoms with Gasteiger partial charge in [-0.25, -0.2) is 0 Å². The SMILES string of the molecule is CCN(CC)CCCC(=O)OCCC1(C)CC2CC(C)(CCO)CC(CCO)(C2)C1. The Hall–Kier alpha value is -0.650. The van der Waals surface area contributed by atoms with Crippen LogP contribution in [0.3, 0.4) is 0 Å². The number of esters is 1. The van der Waals surface area contributed by atoms with Crippen molar-refractivity contribution in [2.75, 3.05) is 39.5 Å². The van der Waals surface area contributed by atoms with E-state index < -0.39 is 0 Å². The van der Waals surface area contributed by atoms with Crippen LogP contribution in [0.4, 0.5) is 0 Å². The quantitative estimate of drug-likeness (QED) is 0.428. The standard InChI is InChI=1S/C25H47NO4/c1-5-26(6-2)12-7-8-22(29)30-15-11-24(4)17-21-16-23(3,9-13-27)19-25(18-21,20-24)10-14-28/h21,27-28H,5-20H2,1-4H3. The van der Waals surface area contributed by atoms with Crippen molar-refractivity contribution in [1.82, 2.24) is 4.90 Å². The third-order valence-electron chi connectivity index (χ3n) is 7.96. The molecule has 5 nitrogen and oxygen atoms in total. The number of nitrogens with zero attached hydrogens (tertiary/aromatic N) is 1. The summed E-state index contributed by atoms with van der Waals surface area (Å²) in [6.45, 7) is 13.0. The number of carbonyl (C=O) groups is 1. The molecule has 2 fully saturated rings. The maximum Gasteiger partial charge on any atom is 0.305 e. The Bertz CT molecular complexity index is 535. The molecule has 0 spiro atoms. The normalized spacial score (nSPS) is 33.6. The number of carbonyl (C=O) groups excluding carboxylic acids is 1. The van der Waals surface area contributed by atoms with E-state index >= 15 is 0 Å².